The molecule has 0 aromatic heterocycles. The zero-order valence-electron chi connectivity index (χ0n) is 11.7. The number of rotatable bonds is 3. The maximum absolute atomic E-state index is 12.3. The van der Waals surface area contributed by atoms with Gasteiger partial charge in [0.05, 0.1) is 6.54 Å². The Morgan fingerprint density at radius 2 is 1.76 bits per heavy atom. The largest absolute Gasteiger partial charge is 0.339 e. The average molecular weight is 330 g/mol. The number of benzene rings is 1. The van der Waals surface area contributed by atoms with Crippen LogP contribution >= 0.6 is 23.2 Å². The maximum Gasteiger partial charge on any atom is 0.254 e. The standard InChI is InChI=1S/C14H17Cl2N3O2/c1-18(9-13(20)19-4-2-17-3-5-19)14(21)10-6-11(15)8-12(16)7-10/h6-8,17H,2-5,9H2,1H3. The molecule has 0 atom stereocenters. The zero-order chi connectivity index (χ0) is 15.4. The van der Waals surface area contributed by atoms with E-state index in [2.05, 4.69) is 5.32 Å². The van der Waals surface area contributed by atoms with Crippen LogP contribution in [0.2, 0.25) is 10.0 Å². The SMILES string of the molecule is CN(CC(=O)N1CCNCC1)C(=O)c1cc(Cl)cc(Cl)c1. The van der Waals surface area contributed by atoms with Gasteiger partial charge in [-0.05, 0) is 18.2 Å². The van der Waals surface area contributed by atoms with Gasteiger partial charge in [0.1, 0.15) is 0 Å². The fourth-order valence-corrected chi connectivity index (χ4v) is 2.71. The van der Waals surface area contributed by atoms with Crippen LogP contribution in [0.1, 0.15) is 10.4 Å². The Balaban J connectivity index is 2.00. The lowest BCUT2D eigenvalue weighted by molar-refractivity contribution is -0.132. The van der Waals surface area contributed by atoms with Gasteiger partial charge in [0.25, 0.3) is 5.91 Å². The number of piperazine rings is 1. The summed E-state index contributed by atoms with van der Waals surface area (Å²) in [5.74, 6) is -0.330. The monoisotopic (exact) mass is 329 g/mol. The summed E-state index contributed by atoms with van der Waals surface area (Å²) in [6.45, 7) is 2.96. The first-order chi connectivity index (χ1) is 9.97. The van der Waals surface area contributed by atoms with Crippen LogP contribution < -0.4 is 5.32 Å². The Kier molecular flexibility index (Phi) is 5.45. The Hall–Kier alpha value is -1.30. The number of nitrogens with zero attached hydrogens (tertiary/aromatic N) is 2. The van der Waals surface area contributed by atoms with Crippen LogP contribution in [-0.4, -0.2) is 61.4 Å². The van der Waals surface area contributed by atoms with E-state index in [1.165, 1.54) is 4.90 Å². The molecule has 1 aromatic rings. The highest BCUT2D eigenvalue weighted by Gasteiger charge is 2.21. The van der Waals surface area contributed by atoms with E-state index in [0.717, 1.165) is 13.1 Å². The van der Waals surface area contributed by atoms with Crippen LogP contribution in [0.15, 0.2) is 18.2 Å². The molecule has 1 aliphatic heterocycles. The molecule has 1 saturated heterocycles. The van der Waals surface area contributed by atoms with Crippen LogP contribution in [-0.2, 0) is 4.79 Å². The first-order valence-corrected chi connectivity index (χ1v) is 7.43. The normalized spacial score (nSPS) is 14.9. The average Bonchev–Trinajstić information content (AvgIpc) is 2.46. The van der Waals surface area contributed by atoms with Gasteiger partial charge in [-0.3, -0.25) is 9.59 Å². The number of hydrogen-bond acceptors (Lipinski definition) is 3. The summed E-state index contributed by atoms with van der Waals surface area (Å²) < 4.78 is 0. The number of carbonyl (C=O) groups excluding carboxylic acids is 2. The van der Waals surface area contributed by atoms with Gasteiger partial charge in [0, 0.05) is 48.8 Å². The van der Waals surface area contributed by atoms with Gasteiger partial charge in [-0.2, -0.15) is 0 Å². The molecule has 0 aliphatic carbocycles. The molecule has 114 valence electrons. The molecule has 1 fully saturated rings. The summed E-state index contributed by atoms with van der Waals surface area (Å²) in [4.78, 5) is 27.6. The second kappa shape index (κ2) is 7.11. The lowest BCUT2D eigenvalue weighted by Crippen LogP contribution is -2.49. The van der Waals surface area contributed by atoms with Crippen LogP contribution in [0.3, 0.4) is 0 Å². The van der Waals surface area contributed by atoms with Gasteiger partial charge >= 0.3 is 0 Å². The number of nitrogens with one attached hydrogen (secondary N) is 1. The fourth-order valence-electron chi connectivity index (χ4n) is 2.19. The van der Waals surface area contributed by atoms with Gasteiger partial charge in [-0.1, -0.05) is 23.2 Å². The highest BCUT2D eigenvalue weighted by Crippen LogP contribution is 2.20. The molecule has 21 heavy (non-hydrogen) atoms. The minimum atomic E-state index is -0.275. The summed E-state index contributed by atoms with van der Waals surface area (Å²) in [7, 11) is 1.59. The third kappa shape index (κ3) is 4.33. The van der Waals surface area contributed by atoms with Gasteiger partial charge in [0.2, 0.25) is 5.91 Å². The van der Waals surface area contributed by atoms with Crippen LogP contribution in [0.5, 0.6) is 0 Å². The van der Waals surface area contributed by atoms with E-state index in [4.69, 9.17) is 23.2 Å². The molecule has 0 spiro atoms. The van der Waals surface area contributed by atoms with Crippen LogP contribution in [0.4, 0.5) is 0 Å². The predicted octanol–water partition coefficient (Wildman–Crippen LogP) is 1.50. The molecular formula is C14H17Cl2N3O2. The minimum absolute atomic E-state index is 0.0446. The second-order valence-corrected chi connectivity index (χ2v) is 5.82. The van der Waals surface area contributed by atoms with E-state index in [1.54, 1.807) is 30.1 Å². The Morgan fingerprint density at radius 3 is 2.33 bits per heavy atom. The lowest BCUT2D eigenvalue weighted by atomic mass is 10.2. The molecule has 1 heterocycles. The van der Waals surface area contributed by atoms with E-state index in [-0.39, 0.29) is 18.4 Å². The molecule has 0 unspecified atom stereocenters. The van der Waals surface area contributed by atoms with Crippen molar-refractivity contribution in [2.75, 3.05) is 39.8 Å². The molecule has 2 rings (SSSR count). The van der Waals surface area contributed by atoms with Gasteiger partial charge in [-0.25, -0.2) is 0 Å². The number of carbonyl (C=O) groups is 2. The third-order valence-electron chi connectivity index (χ3n) is 3.30. The number of hydrogen-bond donors (Lipinski definition) is 1. The van der Waals surface area contributed by atoms with Crippen molar-refractivity contribution in [3.05, 3.63) is 33.8 Å². The van der Waals surface area contributed by atoms with Crippen LogP contribution in [0.25, 0.3) is 0 Å². The summed E-state index contributed by atoms with van der Waals surface area (Å²) >= 11 is 11.8. The van der Waals surface area contributed by atoms with E-state index in [1.807, 2.05) is 0 Å². The topological polar surface area (TPSA) is 52.7 Å². The predicted molar refractivity (Wildman–Crippen MR) is 82.9 cm³/mol. The Bertz CT molecular complexity index is 525. The highest BCUT2D eigenvalue weighted by atomic mass is 35.5. The molecule has 0 radical (unpaired) electrons. The quantitative estimate of drug-likeness (QED) is 0.914. The van der Waals surface area contributed by atoms with Crippen molar-refractivity contribution in [1.29, 1.82) is 0 Å². The highest BCUT2D eigenvalue weighted by molar-refractivity contribution is 6.35. The molecule has 5 nitrogen and oxygen atoms in total. The van der Waals surface area contributed by atoms with Crippen molar-refractivity contribution in [3.63, 3.8) is 0 Å². The van der Waals surface area contributed by atoms with Gasteiger partial charge in [0.15, 0.2) is 0 Å². The molecule has 1 aliphatic rings. The molecule has 2 amide bonds. The summed E-state index contributed by atoms with van der Waals surface area (Å²) in [5.41, 5.74) is 0.378. The summed E-state index contributed by atoms with van der Waals surface area (Å²) in [5, 5.41) is 3.97. The number of likely N-dealkylation sites (N-methyl/N-ethyl adjacent to an activating group) is 1. The van der Waals surface area contributed by atoms with Crippen molar-refractivity contribution in [2.24, 2.45) is 0 Å². The Labute approximate surface area is 133 Å². The number of halogens is 2. The summed E-state index contributed by atoms with van der Waals surface area (Å²) in [6.07, 6.45) is 0. The minimum Gasteiger partial charge on any atom is -0.339 e. The second-order valence-electron chi connectivity index (χ2n) is 4.95. The van der Waals surface area contributed by atoms with Crippen molar-refractivity contribution < 1.29 is 9.59 Å². The first kappa shape index (κ1) is 16.1. The van der Waals surface area contributed by atoms with E-state index in [9.17, 15) is 9.59 Å². The lowest BCUT2D eigenvalue weighted by Gasteiger charge is -2.29. The van der Waals surface area contributed by atoms with Crippen molar-refractivity contribution in [2.45, 2.75) is 0 Å². The third-order valence-corrected chi connectivity index (χ3v) is 3.73. The summed E-state index contributed by atoms with van der Waals surface area (Å²) in [6, 6.07) is 4.65. The van der Waals surface area contributed by atoms with E-state index < -0.39 is 0 Å². The van der Waals surface area contributed by atoms with Gasteiger partial charge < -0.3 is 15.1 Å². The number of amides is 2. The zero-order valence-corrected chi connectivity index (χ0v) is 13.2. The van der Waals surface area contributed by atoms with E-state index in [0.29, 0.717) is 28.7 Å². The molecule has 7 heteroatoms. The smallest absolute Gasteiger partial charge is 0.254 e. The van der Waals surface area contributed by atoms with Crippen molar-refractivity contribution in [3.8, 4) is 0 Å². The van der Waals surface area contributed by atoms with Crippen LogP contribution in [0, 0.1) is 0 Å². The molecule has 0 bridgehead atoms. The molecule has 1 N–H and O–H groups in total. The van der Waals surface area contributed by atoms with Gasteiger partial charge in [-0.15, -0.1) is 0 Å². The maximum atomic E-state index is 12.3. The van der Waals surface area contributed by atoms with Crippen molar-refractivity contribution >= 4 is 35.0 Å². The molecular weight excluding hydrogens is 313 g/mol. The fraction of sp³-hybridized carbons (Fsp3) is 0.429. The first-order valence-electron chi connectivity index (χ1n) is 6.67. The van der Waals surface area contributed by atoms with E-state index >= 15 is 0 Å². The molecule has 1 aromatic carbocycles. The Morgan fingerprint density at radius 1 is 1.19 bits per heavy atom. The molecule has 0 saturated carbocycles. The van der Waals surface area contributed by atoms with Crippen molar-refractivity contribution in [1.82, 2.24) is 15.1 Å².